The predicted octanol–water partition coefficient (Wildman–Crippen LogP) is 1.93. The molecule has 0 bridgehead atoms. The molecule has 0 saturated heterocycles. The van der Waals surface area contributed by atoms with Gasteiger partial charge in [0.15, 0.2) is 0 Å². The molecule has 2 N–H and O–H groups in total. The highest BCUT2D eigenvalue weighted by atomic mass is 35.5. The molecule has 3 heteroatoms. The van der Waals surface area contributed by atoms with Crippen molar-refractivity contribution in [1.29, 1.82) is 0 Å². The van der Waals surface area contributed by atoms with Crippen molar-refractivity contribution in [2.75, 3.05) is 0 Å². The summed E-state index contributed by atoms with van der Waals surface area (Å²) in [5, 5.41) is 0.674. The number of rotatable bonds is 1. The summed E-state index contributed by atoms with van der Waals surface area (Å²) in [5.41, 5.74) is 6.30. The Balaban J connectivity index is 3.14. The monoisotopic (exact) mass is 170 g/mol. The van der Waals surface area contributed by atoms with Gasteiger partial charge >= 0.3 is 0 Å². The minimum absolute atomic E-state index is 0.411. The van der Waals surface area contributed by atoms with Crippen molar-refractivity contribution >= 4 is 11.6 Å². The van der Waals surface area contributed by atoms with E-state index in [9.17, 15) is 0 Å². The Morgan fingerprint density at radius 2 is 2.18 bits per heavy atom. The molecule has 0 radical (unpaired) electrons. The molecule has 11 heavy (non-hydrogen) atoms. The second kappa shape index (κ2) is 2.80. The summed E-state index contributed by atoms with van der Waals surface area (Å²) < 4.78 is 0. The van der Waals surface area contributed by atoms with E-state index in [0.717, 1.165) is 5.56 Å². The summed E-state index contributed by atoms with van der Waals surface area (Å²) in [5.74, 6) is 0. The van der Waals surface area contributed by atoms with E-state index in [-0.39, 0.29) is 0 Å². The molecule has 60 valence electrons. The zero-order valence-corrected chi connectivity index (χ0v) is 7.39. The molecular formula is C8H11ClN2. The van der Waals surface area contributed by atoms with E-state index in [0.29, 0.717) is 5.02 Å². The molecule has 2 nitrogen and oxygen atoms in total. The molecule has 0 atom stereocenters. The Kier molecular flexibility index (Phi) is 2.16. The van der Waals surface area contributed by atoms with E-state index >= 15 is 0 Å². The van der Waals surface area contributed by atoms with Gasteiger partial charge in [0, 0.05) is 28.5 Å². The van der Waals surface area contributed by atoms with Crippen LogP contribution in [0.3, 0.4) is 0 Å². The second-order valence-corrected chi connectivity index (χ2v) is 3.48. The Morgan fingerprint density at radius 1 is 1.55 bits per heavy atom. The lowest BCUT2D eigenvalue weighted by atomic mass is 9.98. The van der Waals surface area contributed by atoms with E-state index in [1.165, 1.54) is 0 Å². The van der Waals surface area contributed by atoms with Crippen molar-refractivity contribution < 1.29 is 0 Å². The molecule has 0 spiro atoms. The first-order chi connectivity index (χ1) is 5.02. The molecule has 1 aromatic rings. The van der Waals surface area contributed by atoms with Gasteiger partial charge in [-0.2, -0.15) is 0 Å². The van der Waals surface area contributed by atoms with E-state index in [1.54, 1.807) is 18.5 Å². The van der Waals surface area contributed by atoms with Crippen LogP contribution in [0.5, 0.6) is 0 Å². The van der Waals surface area contributed by atoms with E-state index in [4.69, 9.17) is 17.3 Å². The number of nitrogens with zero attached hydrogens (tertiary/aromatic N) is 1. The van der Waals surface area contributed by atoms with Gasteiger partial charge < -0.3 is 5.73 Å². The third-order valence-electron chi connectivity index (χ3n) is 1.46. The summed E-state index contributed by atoms with van der Waals surface area (Å²) in [7, 11) is 0. The van der Waals surface area contributed by atoms with Crippen molar-refractivity contribution in [2.45, 2.75) is 19.4 Å². The van der Waals surface area contributed by atoms with Crippen LogP contribution < -0.4 is 5.73 Å². The molecule has 1 aromatic heterocycles. The quantitative estimate of drug-likeness (QED) is 0.700. The molecule has 0 amide bonds. The fourth-order valence-electron chi connectivity index (χ4n) is 0.852. The summed E-state index contributed by atoms with van der Waals surface area (Å²) in [6.45, 7) is 3.80. The number of hydrogen-bond acceptors (Lipinski definition) is 2. The highest BCUT2D eigenvalue weighted by Gasteiger charge is 2.16. The van der Waals surface area contributed by atoms with E-state index < -0.39 is 5.54 Å². The number of nitrogens with two attached hydrogens (primary N) is 1. The maximum Gasteiger partial charge on any atom is 0.0487 e. The Morgan fingerprint density at radius 3 is 2.55 bits per heavy atom. The molecule has 0 aliphatic rings. The highest BCUT2D eigenvalue weighted by molar-refractivity contribution is 6.31. The topological polar surface area (TPSA) is 38.9 Å². The molecule has 0 aliphatic carbocycles. The van der Waals surface area contributed by atoms with Gasteiger partial charge in [-0.1, -0.05) is 11.6 Å². The van der Waals surface area contributed by atoms with E-state index in [2.05, 4.69) is 4.98 Å². The van der Waals surface area contributed by atoms with Crippen LogP contribution in [0.25, 0.3) is 0 Å². The van der Waals surface area contributed by atoms with Crippen LogP contribution in [0.2, 0.25) is 5.02 Å². The first kappa shape index (κ1) is 8.50. The lowest BCUT2D eigenvalue weighted by Gasteiger charge is -2.19. The molecule has 1 rings (SSSR count). The Labute approximate surface area is 71.4 Å². The molecule has 0 fully saturated rings. The predicted molar refractivity (Wildman–Crippen MR) is 46.5 cm³/mol. The molecular weight excluding hydrogens is 160 g/mol. The van der Waals surface area contributed by atoms with Gasteiger partial charge in [0.05, 0.1) is 0 Å². The minimum Gasteiger partial charge on any atom is -0.322 e. The van der Waals surface area contributed by atoms with Crippen LogP contribution in [0.1, 0.15) is 19.4 Å². The number of aromatic nitrogens is 1. The molecule has 0 aromatic carbocycles. The average Bonchev–Trinajstić information content (AvgIpc) is 1.86. The third-order valence-corrected chi connectivity index (χ3v) is 1.79. The van der Waals surface area contributed by atoms with Gasteiger partial charge in [-0.15, -0.1) is 0 Å². The van der Waals surface area contributed by atoms with Crippen LogP contribution in [0, 0.1) is 0 Å². The first-order valence-electron chi connectivity index (χ1n) is 3.40. The molecule has 1 heterocycles. The smallest absolute Gasteiger partial charge is 0.0487 e. The summed E-state index contributed by atoms with van der Waals surface area (Å²) in [6.07, 6.45) is 3.35. The standard InChI is InChI=1S/C8H11ClN2/c1-8(2,10)6-5-11-4-3-7(6)9/h3-5H,10H2,1-2H3. The lowest BCUT2D eigenvalue weighted by molar-refractivity contribution is 0.552. The fourth-order valence-corrected chi connectivity index (χ4v) is 1.20. The average molecular weight is 171 g/mol. The van der Waals surface area contributed by atoms with Crippen molar-refractivity contribution in [3.05, 3.63) is 29.0 Å². The van der Waals surface area contributed by atoms with Gasteiger partial charge in [-0.05, 0) is 19.9 Å². The van der Waals surface area contributed by atoms with Crippen molar-refractivity contribution in [3.8, 4) is 0 Å². The second-order valence-electron chi connectivity index (χ2n) is 3.08. The van der Waals surface area contributed by atoms with Crippen LogP contribution in [-0.4, -0.2) is 4.98 Å². The van der Waals surface area contributed by atoms with Crippen LogP contribution in [0.4, 0.5) is 0 Å². The number of pyridine rings is 1. The Bertz CT molecular complexity index is 253. The molecule has 0 unspecified atom stereocenters. The maximum absolute atomic E-state index is 5.89. The SMILES string of the molecule is CC(C)(N)c1cnccc1Cl. The minimum atomic E-state index is -0.411. The first-order valence-corrected chi connectivity index (χ1v) is 3.78. The van der Waals surface area contributed by atoms with Crippen LogP contribution >= 0.6 is 11.6 Å². The van der Waals surface area contributed by atoms with Crippen molar-refractivity contribution in [3.63, 3.8) is 0 Å². The van der Waals surface area contributed by atoms with Gasteiger partial charge in [0.1, 0.15) is 0 Å². The van der Waals surface area contributed by atoms with Gasteiger partial charge in [0.2, 0.25) is 0 Å². The van der Waals surface area contributed by atoms with E-state index in [1.807, 2.05) is 13.8 Å². The zero-order valence-electron chi connectivity index (χ0n) is 6.63. The largest absolute Gasteiger partial charge is 0.322 e. The van der Waals surface area contributed by atoms with Gasteiger partial charge in [-0.3, -0.25) is 4.98 Å². The molecule has 0 aliphatic heterocycles. The molecule has 0 saturated carbocycles. The summed E-state index contributed by atoms with van der Waals surface area (Å²) in [6, 6.07) is 1.74. The van der Waals surface area contributed by atoms with Crippen LogP contribution in [0.15, 0.2) is 18.5 Å². The maximum atomic E-state index is 5.89. The number of halogens is 1. The zero-order chi connectivity index (χ0) is 8.48. The van der Waals surface area contributed by atoms with Gasteiger partial charge in [-0.25, -0.2) is 0 Å². The summed E-state index contributed by atoms with van der Waals surface area (Å²) in [4.78, 5) is 3.95. The Hall–Kier alpha value is -0.600. The van der Waals surface area contributed by atoms with Crippen molar-refractivity contribution in [1.82, 2.24) is 4.98 Å². The third kappa shape index (κ3) is 1.91. The van der Waals surface area contributed by atoms with Crippen molar-refractivity contribution in [2.24, 2.45) is 5.73 Å². The van der Waals surface area contributed by atoms with Gasteiger partial charge in [0.25, 0.3) is 0 Å². The van der Waals surface area contributed by atoms with Crippen LogP contribution in [-0.2, 0) is 5.54 Å². The summed E-state index contributed by atoms with van der Waals surface area (Å²) >= 11 is 5.89. The number of hydrogen-bond donors (Lipinski definition) is 1. The normalized spacial score (nSPS) is 11.6. The lowest BCUT2D eigenvalue weighted by Crippen LogP contribution is -2.29. The highest BCUT2D eigenvalue weighted by Crippen LogP contribution is 2.23. The fraction of sp³-hybridized carbons (Fsp3) is 0.375.